The van der Waals surface area contributed by atoms with Gasteiger partial charge in [0, 0.05) is 12.8 Å². The van der Waals surface area contributed by atoms with E-state index in [1.807, 2.05) is 21.1 Å². The second-order valence-electron chi connectivity index (χ2n) is 22.0. The van der Waals surface area contributed by atoms with Crippen LogP contribution in [0.4, 0.5) is 0 Å². The molecule has 0 fully saturated rings. The predicted molar refractivity (Wildman–Crippen MR) is 332 cm³/mol. The zero-order chi connectivity index (χ0) is 57.0. The molecule has 0 heterocycles. The topological polar surface area (TPSA) is 111 Å². The molecule has 0 aliphatic carbocycles. The summed E-state index contributed by atoms with van der Waals surface area (Å²) >= 11 is 0. The van der Waals surface area contributed by atoms with E-state index in [2.05, 4.69) is 123 Å². The number of phosphoric ester groups is 1. The second-order valence-corrected chi connectivity index (χ2v) is 23.4. The normalized spacial score (nSPS) is 14.0. The molecular weight excluding hydrogens is 990 g/mol. The number of hydrogen-bond acceptors (Lipinski definition) is 8. The summed E-state index contributed by atoms with van der Waals surface area (Å²) in [4.78, 5) is 38.0. The Morgan fingerprint density at radius 2 is 0.692 bits per heavy atom. The number of unbranched alkanes of at least 4 members (excludes halogenated alkanes) is 25. The van der Waals surface area contributed by atoms with Crippen molar-refractivity contribution in [2.45, 2.75) is 264 Å². The molecule has 0 amide bonds. The fraction of sp³-hybridized carbons (Fsp3) is 0.706. The molecule has 0 radical (unpaired) electrons. The summed E-state index contributed by atoms with van der Waals surface area (Å²) < 4.78 is 34.2. The fourth-order valence-corrected chi connectivity index (χ4v) is 9.23. The third-order valence-electron chi connectivity index (χ3n) is 13.3. The second kappa shape index (κ2) is 58.3. The molecule has 0 aromatic rings. The van der Waals surface area contributed by atoms with Gasteiger partial charge in [-0.2, -0.15) is 0 Å². The highest BCUT2D eigenvalue weighted by molar-refractivity contribution is 7.45. The van der Waals surface area contributed by atoms with Gasteiger partial charge in [-0.1, -0.05) is 258 Å². The van der Waals surface area contributed by atoms with E-state index in [4.69, 9.17) is 18.5 Å². The lowest BCUT2D eigenvalue weighted by molar-refractivity contribution is -0.870. The molecule has 0 aromatic heterocycles. The Kier molecular flexibility index (Phi) is 55.8. The molecule has 0 saturated carbocycles. The summed E-state index contributed by atoms with van der Waals surface area (Å²) in [5.41, 5.74) is 0. The van der Waals surface area contributed by atoms with Crippen LogP contribution in [-0.2, 0) is 32.7 Å². The van der Waals surface area contributed by atoms with Gasteiger partial charge in [-0.3, -0.25) is 14.2 Å². The molecule has 0 saturated heterocycles. The molecule has 0 aliphatic heterocycles. The smallest absolute Gasteiger partial charge is 0.306 e. The Morgan fingerprint density at radius 3 is 1.03 bits per heavy atom. The molecule has 0 aliphatic rings. The van der Waals surface area contributed by atoms with E-state index in [9.17, 15) is 19.0 Å². The summed E-state index contributed by atoms with van der Waals surface area (Å²) in [6.07, 6.45) is 81.4. The lowest BCUT2D eigenvalue weighted by atomic mass is 10.0. The number of esters is 2. The third-order valence-corrected chi connectivity index (χ3v) is 14.3. The van der Waals surface area contributed by atoms with Crippen LogP contribution in [0.25, 0.3) is 0 Å². The zero-order valence-corrected chi connectivity index (χ0v) is 51.7. The molecule has 0 aromatic carbocycles. The summed E-state index contributed by atoms with van der Waals surface area (Å²) in [5.74, 6) is -0.837. The monoisotopic (exact) mass is 1110 g/mol. The Balaban J connectivity index is 4.13. The molecule has 0 N–H and O–H groups in total. The van der Waals surface area contributed by atoms with E-state index < -0.39 is 26.5 Å². The van der Waals surface area contributed by atoms with Crippen molar-refractivity contribution in [1.29, 1.82) is 0 Å². The van der Waals surface area contributed by atoms with Gasteiger partial charge in [0.05, 0.1) is 27.7 Å². The van der Waals surface area contributed by atoms with Gasteiger partial charge in [0.1, 0.15) is 19.8 Å². The molecule has 0 bridgehead atoms. The zero-order valence-electron chi connectivity index (χ0n) is 50.8. The molecule has 0 spiro atoms. The van der Waals surface area contributed by atoms with Crippen LogP contribution in [-0.4, -0.2) is 70.0 Å². The Bertz CT molecular complexity index is 1680. The number of allylic oxidation sites excluding steroid dienone is 18. The number of rotatable bonds is 57. The summed E-state index contributed by atoms with van der Waals surface area (Å²) in [6.45, 7) is 4.02. The van der Waals surface area contributed by atoms with Gasteiger partial charge in [-0.05, 0) is 96.3 Å². The molecule has 2 unspecified atom stereocenters. The fourth-order valence-electron chi connectivity index (χ4n) is 8.50. The van der Waals surface area contributed by atoms with Gasteiger partial charge in [-0.25, -0.2) is 0 Å². The van der Waals surface area contributed by atoms with Gasteiger partial charge in [0.25, 0.3) is 7.82 Å². The average molecular weight is 1110 g/mol. The molecule has 10 heteroatoms. The maximum Gasteiger partial charge on any atom is 0.306 e. The van der Waals surface area contributed by atoms with Crippen LogP contribution in [0.1, 0.15) is 258 Å². The minimum absolute atomic E-state index is 0.0357. The van der Waals surface area contributed by atoms with Crippen LogP contribution in [0.5, 0.6) is 0 Å². The highest BCUT2D eigenvalue weighted by atomic mass is 31.2. The number of hydrogen-bond donors (Lipinski definition) is 0. The molecule has 9 nitrogen and oxygen atoms in total. The van der Waals surface area contributed by atoms with Crippen molar-refractivity contribution in [3.05, 3.63) is 109 Å². The minimum atomic E-state index is -4.65. The Morgan fingerprint density at radius 1 is 0.397 bits per heavy atom. The molecular formula is C68H118NO8P. The number of phosphoric acid groups is 1. The average Bonchev–Trinajstić information content (AvgIpc) is 3.41. The van der Waals surface area contributed by atoms with Gasteiger partial charge >= 0.3 is 11.9 Å². The molecule has 448 valence electrons. The predicted octanol–water partition coefficient (Wildman–Crippen LogP) is 19.5. The maximum atomic E-state index is 12.8. The van der Waals surface area contributed by atoms with Gasteiger partial charge < -0.3 is 27.9 Å². The van der Waals surface area contributed by atoms with Crippen molar-refractivity contribution in [3.8, 4) is 0 Å². The van der Waals surface area contributed by atoms with Gasteiger partial charge in [-0.15, -0.1) is 0 Å². The third kappa shape index (κ3) is 61.9. The van der Waals surface area contributed by atoms with E-state index >= 15 is 0 Å². The van der Waals surface area contributed by atoms with Gasteiger partial charge in [0.2, 0.25) is 0 Å². The van der Waals surface area contributed by atoms with Crippen LogP contribution in [0.15, 0.2) is 109 Å². The van der Waals surface area contributed by atoms with Crippen molar-refractivity contribution >= 4 is 19.8 Å². The first-order chi connectivity index (χ1) is 38.0. The highest BCUT2D eigenvalue weighted by Crippen LogP contribution is 2.38. The van der Waals surface area contributed by atoms with Crippen molar-refractivity contribution < 1.29 is 42.1 Å². The first-order valence-electron chi connectivity index (χ1n) is 31.6. The SMILES string of the molecule is CC/C=C\C/C=C\C/C=C\C/C=C\C/C=C\CCCCCCCCCCCCCC(=O)OC(COC(=O)CCCCCCCCCCCCCCCC/C=C\C/C=C\C/C=C\C/C=C\CC)COP(=O)([O-])OCC[N+](C)(C)C. The standard InChI is InChI=1S/C68H118NO8P/c1-6-8-10-12-14-16-18-20-22-24-26-28-30-32-34-36-38-40-42-44-46-48-50-52-54-56-58-60-67(70)74-64-66(65-76-78(72,73)75-63-62-69(3,4)5)77-68(71)61-59-57-55-53-51-49-47-45-43-41-39-37-35-33-31-29-27-25-23-21-19-17-15-13-11-9-7-2/h8-11,14-17,20-23,26-29,33,35,66H,6-7,12-13,18-19,24-25,30-32,34,36-65H2,1-5H3/b10-8-,11-9-,16-14-,17-15-,22-20-,23-21-,28-26-,29-27-,35-33-. The van der Waals surface area contributed by atoms with Crippen molar-refractivity contribution in [1.82, 2.24) is 0 Å². The number of ether oxygens (including phenoxy) is 2. The van der Waals surface area contributed by atoms with Crippen LogP contribution < -0.4 is 4.89 Å². The Hall–Kier alpha value is -3.33. The number of likely N-dealkylation sites (N-methyl/N-ethyl adjacent to an activating group) is 1. The Labute approximate surface area is 480 Å². The lowest BCUT2D eigenvalue weighted by Gasteiger charge is -2.28. The van der Waals surface area contributed by atoms with Crippen LogP contribution in [0, 0.1) is 0 Å². The molecule has 78 heavy (non-hydrogen) atoms. The van der Waals surface area contributed by atoms with E-state index in [1.54, 1.807) is 0 Å². The number of quaternary nitrogens is 1. The van der Waals surface area contributed by atoms with Crippen molar-refractivity contribution in [2.24, 2.45) is 0 Å². The first kappa shape index (κ1) is 74.7. The van der Waals surface area contributed by atoms with Crippen LogP contribution >= 0.6 is 7.82 Å². The van der Waals surface area contributed by atoms with Crippen LogP contribution in [0.3, 0.4) is 0 Å². The molecule has 2 atom stereocenters. The largest absolute Gasteiger partial charge is 0.756 e. The van der Waals surface area contributed by atoms with Crippen LogP contribution in [0.2, 0.25) is 0 Å². The first-order valence-corrected chi connectivity index (χ1v) is 33.1. The highest BCUT2D eigenvalue weighted by Gasteiger charge is 2.22. The van der Waals surface area contributed by atoms with E-state index in [0.717, 1.165) is 103 Å². The minimum Gasteiger partial charge on any atom is -0.756 e. The summed E-state index contributed by atoms with van der Waals surface area (Å²) in [7, 11) is 1.16. The van der Waals surface area contributed by atoms with Crippen molar-refractivity contribution in [2.75, 3.05) is 47.5 Å². The van der Waals surface area contributed by atoms with E-state index in [0.29, 0.717) is 17.4 Å². The number of nitrogens with zero attached hydrogens (tertiary/aromatic N) is 1. The van der Waals surface area contributed by atoms with E-state index in [1.165, 1.54) is 122 Å². The molecule has 0 rings (SSSR count). The van der Waals surface area contributed by atoms with E-state index in [-0.39, 0.29) is 32.0 Å². The number of carbonyl (C=O) groups excluding carboxylic acids is 2. The van der Waals surface area contributed by atoms with Gasteiger partial charge in [0.15, 0.2) is 6.10 Å². The maximum absolute atomic E-state index is 12.8. The lowest BCUT2D eigenvalue weighted by Crippen LogP contribution is -2.37. The quantitative estimate of drug-likeness (QED) is 0.0195. The van der Waals surface area contributed by atoms with Crippen molar-refractivity contribution in [3.63, 3.8) is 0 Å². The summed E-state index contributed by atoms with van der Waals surface area (Å²) in [6, 6.07) is 0. The number of carbonyl (C=O) groups is 2. The summed E-state index contributed by atoms with van der Waals surface area (Å²) in [5, 5.41) is 0.